The average Bonchev–Trinajstić information content (AvgIpc) is 2.57. The Morgan fingerprint density at radius 3 is 2.76 bits per heavy atom. The summed E-state index contributed by atoms with van der Waals surface area (Å²) in [5, 5.41) is 0.927. The van der Waals surface area contributed by atoms with E-state index in [-0.39, 0.29) is 5.82 Å². The van der Waals surface area contributed by atoms with Crippen molar-refractivity contribution in [1.82, 2.24) is 4.98 Å². The number of benzene rings is 1. The number of ether oxygens (including phenoxy) is 1. The molecule has 0 saturated carbocycles. The maximum Gasteiger partial charge on any atom is 0.140 e. The van der Waals surface area contributed by atoms with Crippen molar-refractivity contribution in [2.24, 2.45) is 0 Å². The van der Waals surface area contributed by atoms with Crippen molar-refractivity contribution in [3.05, 3.63) is 44.1 Å². The SMILES string of the molecule is Cc1nc(COc2ccc(F)cc2Br)sc1C. The maximum absolute atomic E-state index is 12.9. The van der Waals surface area contributed by atoms with E-state index in [1.807, 2.05) is 13.8 Å². The van der Waals surface area contributed by atoms with Crippen LogP contribution in [0.2, 0.25) is 0 Å². The van der Waals surface area contributed by atoms with Crippen molar-refractivity contribution >= 4 is 27.3 Å². The van der Waals surface area contributed by atoms with E-state index < -0.39 is 0 Å². The molecule has 2 nitrogen and oxygen atoms in total. The fourth-order valence-corrected chi connectivity index (χ4v) is 2.65. The molecule has 0 N–H and O–H groups in total. The first-order valence-corrected chi connectivity index (χ1v) is 6.68. The lowest BCUT2D eigenvalue weighted by Crippen LogP contribution is -1.95. The van der Waals surface area contributed by atoms with Crippen molar-refractivity contribution in [3.8, 4) is 5.75 Å². The minimum Gasteiger partial charge on any atom is -0.485 e. The maximum atomic E-state index is 12.9. The van der Waals surface area contributed by atoms with Crippen LogP contribution in [0.25, 0.3) is 0 Å². The van der Waals surface area contributed by atoms with E-state index >= 15 is 0 Å². The van der Waals surface area contributed by atoms with E-state index in [4.69, 9.17) is 4.74 Å². The summed E-state index contributed by atoms with van der Waals surface area (Å²) >= 11 is 4.88. The van der Waals surface area contributed by atoms with E-state index in [1.54, 1.807) is 17.4 Å². The van der Waals surface area contributed by atoms with E-state index in [9.17, 15) is 4.39 Å². The highest BCUT2D eigenvalue weighted by Crippen LogP contribution is 2.27. The third kappa shape index (κ3) is 3.04. The Balaban J connectivity index is 2.07. The lowest BCUT2D eigenvalue weighted by molar-refractivity contribution is 0.303. The lowest BCUT2D eigenvalue weighted by Gasteiger charge is -2.06. The predicted octanol–water partition coefficient (Wildman–Crippen LogP) is 4.24. The summed E-state index contributed by atoms with van der Waals surface area (Å²) in [6, 6.07) is 4.36. The molecule has 0 spiro atoms. The van der Waals surface area contributed by atoms with Crippen molar-refractivity contribution < 1.29 is 9.13 Å². The minimum atomic E-state index is -0.287. The summed E-state index contributed by atoms with van der Waals surface area (Å²) in [6.07, 6.45) is 0. The molecule has 2 rings (SSSR count). The zero-order valence-corrected chi connectivity index (χ0v) is 11.9. The summed E-state index contributed by atoms with van der Waals surface area (Å²) in [5.74, 6) is 0.335. The third-order valence-corrected chi connectivity index (χ3v) is 3.98. The molecule has 1 heterocycles. The molecule has 0 aliphatic carbocycles. The average molecular weight is 316 g/mol. The van der Waals surface area contributed by atoms with Gasteiger partial charge in [0.25, 0.3) is 0 Å². The van der Waals surface area contributed by atoms with Crippen molar-refractivity contribution in [1.29, 1.82) is 0 Å². The molecule has 1 aromatic heterocycles. The number of halogens is 2. The molecule has 0 aliphatic rings. The third-order valence-electron chi connectivity index (χ3n) is 2.32. The van der Waals surface area contributed by atoms with Crippen molar-refractivity contribution in [3.63, 3.8) is 0 Å². The van der Waals surface area contributed by atoms with Gasteiger partial charge in [-0.1, -0.05) is 0 Å². The Bertz CT molecular complexity index is 522. The first kappa shape index (κ1) is 12.5. The van der Waals surface area contributed by atoms with E-state index in [0.29, 0.717) is 16.8 Å². The van der Waals surface area contributed by atoms with Crippen LogP contribution in [0.1, 0.15) is 15.6 Å². The van der Waals surface area contributed by atoms with Gasteiger partial charge in [-0.05, 0) is 48.0 Å². The normalized spacial score (nSPS) is 10.6. The van der Waals surface area contributed by atoms with Crippen molar-refractivity contribution in [2.45, 2.75) is 20.5 Å². The number of aromatic nitrogens is 1. The molecular formula is C12H11BrFNOS. The van der Waals surface area contributed by atoms with Crippen LogP contribution >= 0.6 is 27.3 Å². The van der Waals surface area contributed by atoms with Gasteiger partial charge >= 0.3 is 0 Å². The Morgan fingerprint density at radius 2 is 2.18 bits per heavy atom. The molecule has 0 aliphatic heterocycles. The fourth-order valence-electron chi connectivity index (χ4n) is 1.33. The van der Waals surface area contributed by atoms with Crippen molar-refractivity contribution in [2.75, 3.05) is 0 Å². The molecule has 1 aromatic carbocycles. The highest BCUT2D eigenvalue weighted by atomic mass is 79.9. The van der Waals surface area contributed by atoms with Crippen LogP contribution in [0.5, 0.6) is 5.75 Å². The first-order chi connectivity index (χ1) is 8.06. The molecule has 0 amide bonds. The van der Waals surface area contributed by atoms with Gasteiger partial charge in [-0.15, -0.1) is 11.3 Å². The Hall–Kier alpha value is -0.940. The van der Waals surface area contributed by atoms with Crippen LogP contribution in [-0.2, 0) is 6.61 Å². The molecule has 0 fully saturated rings. The summed E-state index contributed by atoms with van der Waals surface area (Å²) in [7, 11) is 0. The van der Waals surface area contributed by atoms with Gasteiger partial charge in [-0.25, -0.2) is 9.37 Å². The standard InChI is InChI=1S/C12H11BrFNOS/c1-7-8(2)17-12(15-7)6-16-11-4-3-9(14)5-10(11)13/h3-5H,6H2,1-2H3. The van der Waals surface area contributed by atoms with Gasteiger partial charge in [-0.2, -0.15) is 0 Å². The lowest BCUT2D eigenvalue weighted by atomic mass is 10.3. The van der Waals surface area contributed by atoms with E-state index in [2.05, 4.69) is 20.9 Å². The molecule has 0 radical (unpaired) electrons. The van der Waals surface area contributed by atoms with E-state index in [0.717, 1.165) is 10.7 Å². The number of nitrogens with zero attached hydrogens (tertiary/aromatic N) is 1. The zero-order chi connectivity index (χ0) is 12.4. The Labute approximate surface area is 112 Å². The number of thiazole rings is 1. The summed E-state index contributed by atoms with van der Waals surface area (Å²) < 4.78 is 19.1. The van der Waals surface area contributed by atoms with Gasteiger partial charge in [-0.3, -0.25) is 0 Å². The second kappa shape index (κ2) is 5.14. The largest absolute Gasteiger partial charge is 0.485 e. The van der Waals surface area contributed by atoms with Gasteiger partial charge in [0.05, 0.1) is 10.2 Å². The Kier molecular flexibility index (Phi) is 3.79. The fraction of sp³-hybridized carbons (Fsp3) is 0.250. The molecule has 2 aromatic rings. The van der Waals surface area contributed by atoms with Gasteiger partial charge in [0.1, 0.15) is 23.2 Å². The van der Waals surface area contributed by atoms with Crippen LogP contribution in [0, 0.1) is 19.7 Å². The molecule has 0 bridgehead atoms. The van der Waals surface area contributed by atoms with Crippen LogP contribution in [0.3, 0.4) is 0 Å². The molecular weight excluding hydrogens is 305 g/mol. The van der Waals surface area contributed by atoms with Gasteiger partial charge in [0.15, 0.2) is 0 Å². The second-order valence-corrected chi connectivity index (χ2v) is 5.75. The molecule has 17 heavy (non-hydrogen) atoms. The van der Waals surface area contributed by atoms with Crippen LogP contribution in [-0.4, -0.2) is 4.98 Å². The van der Waals surface area contributed by atoms with Gasteiger partial charge in [0, 0.05) is 4.88 Å². The zero-order valence-electron chi connectivity index (χ0n) is 9.46. The number of rotatable bonds is 3. The number of aryl methyl sites for hydroxylation is 2. The molecule has 5 heteroatoms. The number of hydrogen-bond donors (Lipinski definition) is 0. The van der Waals surface area contributed by atoms with Crippen LogP contribution < -0.4 is 4.74 Å². The highest BCUT2D eigenvalue weighted by Gasteiger charge is 2.06. The van der Waals surface area contributed by atoms with Crippen LogP contribution in [0.4, 0.5) is 4.39 Å². The highest BCUT2D eigenvalue weighted by molar-refractivity contribution is 9.10. The monoisotopic (exact) mass is 315 g/mol. The summed E-state index contributed by atoms with van der Waals surface area (Å²) in [6.45, 7) is 4.41. The second-order valence-electron chi connectivity index (χ2n) is 3.61. The summed E-state index contributed by atoms with van der Waals surface area (Å²) in [5.41, 5.74) is 1.03. The number of hydrogen-bond acceptors (Lipinski definition) is 3. The minimum absolute atomic E-state index is 0.287. The predicted molar refractivity (Wildman–Crippen MR) is 70.0 cm³/mol. The molecule has 0 atom stereocenters. The molecule has 0 unspecified atom stereocenters. The van der Waals surface area contributed by atoms with E-state index in [1.165, 1.54) is 17.0 Å². The topological polar surface area (TPSA) is 22.1 Å². The summed E-state index contributed by atoms with van der Waals surface area (Å²) in [4.78, 5) is 5.57. The molecule has 0 saturated heterocycles. The van der Waals surface area contributed by atoms with Gasteiger partial charge < -0.3 is 4.74 Å². The van der Waals surface area contributed by atoms with Crippen LogP contribution in [0.15, 0.2) is 22.7 Å². The smallest absolute Gasteiger partial charge is 0.140 e. The Morgan fingerprint density at radius 1 is 1.41 bits per heavy atom. The quantitative estimate of drug-likeness (QED) is 0.845. The molecule has 90 valence electrons. The first-order valence-electron chi connectivity index (χ1n) is 5.07. The van der Waals surface area contributed by atoms with Gasteiger partial charge in [0.2, 0.25) is 0 Å².